The first-order chi connectivity index (χ1) is 7.85. The number of benzene rings is 1. The van der Waals surface area contributed by atoms with Crippen LogP contribution in [0.4, 0.5) is 0 Å². The molecule has 2 rings (SSSR count). The first-order valence-corrected chi connectivity index (χ1v) is 5.82. The molecule has 0 atom stereocenters. The molecule has 1 aromatic rings. The highest BCUT2D eigenvalue weighted by Crippen LogP contribution is 2.20. The molecule has 0 bridgehead atoms. The van der Waals surface area contributed by atoms with Gasteiger partial charge in [0.1, 0.15) is 0 Å². The zero-order chi connectivity index (χ0) is 11.3. The number of ether oxygens (including phenoxy) is 1. The molecule has 0 unspecified atom stereocenters. The van der Waals surface area contributed by atoms with E-state index in [1.807, 2.05) is 18.2 Å². The van der Waals surface area contributed by atoms with E-state index in [9.17, 15) is 5.11 Å². The molecule has 0 amide bonds. The van der Waals surface area contributed by atoms with E-state index in [0.29, 0.717) is 0 Å². The minimum absolute atomic E-state index is 0.145. The van der Waals surface area contributed by atoms with Gasteiger partial charge in [0, 0.05) is 25.3 Å². The molecule has 0 aliphatic carbocycles. The predicted octanol–water partition coefficient (Wildman–Crippen LogP) is 1.32. The molecule has 1 aromatic carbocycles. The number of nitrogens with one attached hydrogen (secondary N) is 1. The van der Waals surface area contributed by atoms with Crippen LogP contribution in [0, 0.1) is 0 Å². The molecule has 0 aromatic heterocycles. The topological polar surface area (TPSA) is 41.5 Å². The monoisotopic (exact) mass is 221 g/mol. The van der Waals surface area contributed by atoms with Gasteiger partial charge in [0.05, 0.1) is 6.61 Å². The Morgan fingerprint density at radius 3 is 2.50 bits per heavy atom. The number of aliphatic hydroxyl groups is 1. The van der Waals surface area contributed by atoms with Gasteiger partial charge in [0.2, 0.25) is 0 Å². The third-order valence-corrected chi connectivity index (χ3v) is 3.26. The van der Waals surface area contributed by atoms with Gasteiger partial charge in [0.15, 0.2) is 0 Å². The van der Waals surface area contributed by atoms with E-state index in [0.717, 1.165) is 32.6 Å². The fourth-order valence-corrected chi connectivity index (χ4v) is 2.04. The van der Waals surface area contributed by atoms with Crippen molar-refractivity contribution in [2.45, 2.75) is 24.9 Å². The Morgan fingerprint density at radius 1 is 1.19 bits per heavy atom. The molecule has 1 saturated heterocycles. The molecule has 3 heteroatoms. The van der Waals surface area contributed by atoms with E-state index in [1.165, 1.54) is 5.56 Å². The lowest BCUT2D eigenvalue weighted by atomic mass is 9.91. The number of hydrogen-bond donors (Lipinski definition) is 2. The highest BCUT2D eigenvalue weighted by atomic mass is 16.5. The van der Waals surface area contributed by atoms with Crippen LogP contribution in [0.5, 0.6) is 0 Å². The van der Waals surface area contributed by atoms with Gasteiger partial charge in [-0.05, 0) is 18.4 Å². The summed E-state index contributed by atoms with van der Waals surface area (Å²) in [7, 11) is 0. The van der Waals surface area contributed by atoms with E-state index >= 15 is 0 Å². The van der Waals surface area contributed by atoms with Gasteiger partial charge in [-0.15, -0.1) is 0 Å². The lowest BCUT2D eigenvalue weighted by molar-refractivity contribution is 0.0112. The summed E-state index contributed by atoms with van der Waals surface area (Å²) in [6, 6.07) is 10.3. The van der Waals surface area contributed by atoms with Crippen molar-refractivity contribution in [3.05, 3.63) is 35.9 Å². The molecule has 1 aliphatic rings. The standard InChI is InChI=1S/C13H19NO2/c15-11-13(6-8-16-9-7-13)14-10-12-4-2-1-3-5-12/h1-5,14-15H,6-11H2. The van der Waals surface area contributed by atoms with Crippen molar-refractivity contribution in [3.8, 4) is 0 Å². The lowest BCUT2D eigenvalue weighted by Crippen LogP contribution is -2.51. The summed E-state index contributed by atoms with van der Waals surface area (Å²) >= 11 is 0. The Bertz CT molecular complexity index is 307. The van der Waals surface area contributed by atoms with Crippen LogP contribution in [0.25, 0.3) is 0 Å². The van der Waals surface area contributed by atoms with Crippen molar-refractivity contribution in [1.82, 2.24) is 5.32 Å². The maximum Gasteiger partial charge on any atom is 0.0615 e. The Hall–Kier alpha value is -0.900. The van der Waals surface area contributed by atoms with E-state index in [-0.39, 0.29) is 12.1 Å². The fraction of sp³-hybridized carbons (Fsp3) is 0.538. The van der Waals surface area contributed by atoms with Crippen LogP contribution in [0.2, 0.25) is 0 Å². The molecule has 3 nitrogen and oxygen atoms in total. The molecule has 16 heavy (non-hydrogen) atoms. The zero-order valence-corrected chi connectivity index (χ0v) is 9.48. The van der Waals surface area contributed by atoms with E-state index in [1.54, 1.807) is 0 Å². The molecule has 0 saturated carbocycles. The third-order valence-electron chi connectivity index (χ3n) is 3.26. The van der Waals surface area contributed by atoms with Crippen molar-refractivity contribution in [3.63, 3.8) is 0 Å². The summed E-state index contributed by atoms with van der Waals surface area (Å²) in [5.74, 6) is 0. The summed E-state index contributed by atoms with van der Waals surface area (Å²) in [5.41, 5.74) is 1.11. The minimum Gasteiger partial charge on any atom is -0.394 e. The summed E-state index contributed by atoms with van der Waals surface area (Å²) in [5, 5.41) is 13.0. The average molecular weight is 221 g/mol. The van der Waals surface area contributed by atoms with Crippen molar-refractivity contribution in [2.75, 3.05) is 19.8 Å². The molecular weight excluding hydrogens is 202 g/mol. The van der Waals surface area contributed by atoms with E-state index < -0.39 is 0 Å². The van der Waals surface area contributed by atoms with Crippen molar-refractivity contribution >= 4 is 0 Å². The molecule has 1 fully saturated rings. The van der Waals surface area contributed by atoms with E-state index in [2.05, 4.69) is 17.4 Å². The van der Waals surface area contributed by atoms with Crippen LogP contribution < -0.4 is 5.32 Å². The van der Waals surface area contributed by atoms with Gasteiger partial charge in [0.25, 0.3) is 0 Å². The largest absolute Gasteiger partial charge is 0.394 e. The Balaban J connectivity index is 1.92. The first kappa shape index (κ1) is 11.6. The molecule has 1 heterocycles. The Kier molecular flexibility index (Phi) is 3.93. The predicted molar refractivity (Wildman–Crippen MR) is 63.2 cm³/mol. The second-order valence-electron chi connectivity index (χ2n) is 4.39. The average Bonchev–Trinajstić information content (AvgIpc) is 2.39. The Labute approximate surface area is 96.4 Å². The summed E-state index contributed by atoms with van der Waals surface area (Å²) in [6.07, 6.45) is 1.77. The third kappa shape index (κ3) is 2.82. The molecule has 0 radical (unpaired) electrons. The number of rotatable bonds is 4. The maximum atomic E-state index is 9.50. The van der Waals surface area contributed by atoms with Crippen LogP contribution in [0.3, 0.4) is 0 Å². The van der Waals surface area contributed by atoms with Crippen LogP contribution in [-0.4, -0.2) is 30.5 Å². The second kappa shape index (κ2) is 5.43. The van der Waals surface area contributed by atoms with E-state index in [4.69, 9.17) is 4.74 Å². The lowest BCUT2D eigenvalue weighted by Gasteiger charge is -2.36. The van der Waals surface area contributed by atoms with Crippen LogP contribution in [0.1, 0.15) is 18.4 Å². The van der Waals surface area contributed by atoms with Crippen molar-refractivity contribution in [1.29, 1.82) is 0 Å². The minimum atomic E-state index is -0.145. The fourth-order valence-electron chi connectivity index (χ4n) is 2.04. The highest BCUT2D eigenvalue weighted by molar-refractivity contribution is 5.14. The van der Waals surface area contributed by atoms with Crippen LogP contribution in [0.15, 0.2) is 30.3 Å². The first-order valence-electron chi connectivity index (χ1n) is 5.82. The highest BCUT2D eigenvalue weighted by Gasteiger charge is 2.30. The smallest absolute Gasteiger partial charge is 0.0615 e. The summed E-state index contributed by atoms with van der Waals surface area (Å²) in [6.45, 7) is 2.47. The molecule has 2 N–H and O–H groups in total. The number of hydrogen-bond acceptors (Lipinski definition) is 3. The quantitative estimate of drug-likeness (QED) is 0.805. The molecular formula is C13H19NO2. The van der Waals surface area contributed by atoms with Crippen molar-refractivity contribution < 1.29 is 9.84 Å². The molecule has 1 aliphatic heterocycles. The molecule has 88 valence electrons. The Morgan fingerprint density at radius 2 is 1.88 bits per heavy atom. The number of aliphatic hydroxyl groups excluding tert-OH is 1. The zero-order valence-electron chi connectivity index (χ0n) is 9.48. The van der Waals surface area contributed by atoms with Gasteiger partial charge in [-0.25, -0.2) is 0 Å². The summed E-state index contributed by atoms with van der Waals surface area (Å²) in [4.78, 5) is 0. The van der Waals surface area contributed by atoms with Gasteiger partial charge in [-0.3, -0.25) is 0 Å². The van der Waals surface area contributed by atoms with Gasteiger partial charge in [-0.2, -0.15) is 0 Å². The van der Waals surface area contributed by atoms with Crippen LogP contribution >= 0.6 is 0 Å². The normalized spacial score (nSPS) is 19.6. The SMILES string of the molecule is OCC1(NCc2ccccc2)CCOCC1. The summed E-state index contributed by atoms with van der Waals surface area (Å²) < 4.78 is 5.33. The second-order valence-corrected chi connectivity index (χ2v) is 4.39. The van der Waals surface area contributed by atoms with Gasteiger partial charge in [-0.1, -0.05) is 30.3 Å². The van der Waals surface area contributed by atoms with Crippen molar-refractivity contribution in [2.24, 2.45) is 0 Å². The maximum absolute atomic E-state index is 9.50. The van der Waals surface area contributed by atoms with Crippen LogP contribution in [-0.2, 0) is 11.3 Å². The van der Waals surface area contributed by atoms with Gasteiger partial charge < -0.3 is 15.2 Å². The molecule has 0 spiro atoms. The van der Waals surface area contributed by atoms with Gasteiger partial charge >= 0.3 is 0 Å².